The van der Waals surface area contributed by atoms with Crippen LogP contribution in [0.5, 0.6) is 0 Å². The van der Waals surface area contributed by atoms with E-state index in [1.54, 1.807) is 0 Å². The van der Waals surface area contributed by atoms with Gasteiger partial charge in [0.15, 0.2) is 0 Å². The Bertz CT molecular complexity index is 5110. The van der Waals surface area contributed by atoms with Crippen LogP contribution in [0.1, 0.15) is 0 Å². The first kappa shape index (κ1) is 47.1. The van der Waals surface area contributed by atoms with Gasteiger partial charge in [-0.3, -0.25) is 9.13 Å². The zero-order chi connectivity index (χ0) is 54.1. The van der Waals surface area contributed by atoms with Gasteiger partial charge >= 0.3 is 0 Å². The highest BCUT2D eigenvalue weighted by Crippen LogP contribution is 2.49. The number of hydrogen-bond acceptors (Lipinski definition) is 2. The minimum atomic E-state index is 0.917. The maximum Gasteiger partial charge on any atom is 0.145 e. The summed E-state index contributed by atoms with van der Waals surface area (Å²) < 4.78 is 4.55. The van der Waals surface area contributed by atoms with Gasteiger partial charge in [-0.15, -0.1) is 0 Å². The maximum atomic E-state index is 5.38. The summed E-state index contributed by atoms with van der Waals surface area (Å²) in [5.41, 5.74) is 20.0. The minimum absolute atomic E-state index is 0.917. The summed E-state index contributed by atoms with van der Waals surface area (Å²) in [6.45, 7) is 0. The first-order chi connectivity index (χ1) is 40.7. The highest BCUT2D eigenvalue weighted by atomic mass is 15.1. The summed E-state index contributed by atoms with van der Waals surface area (Å²) in [5, 5.41) is 9.66. The maximum absolute atomic E-state index is 5.38. The van der Waals surface area contributed by atoms with E-state index in [1.807, 2.05) is 0 Å². The molecule has 2 heterocycles. The Morgan fingerprint density at radius 2 is 0.561 bits per heavy atom. The molecule has 16 aromatic rings. The number of imidazole rings is 2. The van der Waals surface area contributed by atoms with E-state index in [1.165, 1.54) is 65.3 Å². The molecule has 16 rings (SSSR count). The lowest BCUT2D eigenvalue weighted by atomic mass is 9.82. The molecule has 0 aliphatic rings. The first-order valence-electron chi connectivity index (χ1n) is 28.0. The van der Waals surface area contributed by atoms with Crippen molar-refractivity contribution >= 4 is 65.2 Å². The van der Waals surface area contributed by atoms with Gasteiger partial charge < -0.3 is 0 Å². The Labute approximate surface area is 474 Å². The van der Waals surface area contributed by atoms with Crippen molar-refractivity contribution in [1.29, 1.82) is 0 Å². The Morgan fingerprint density at radius 1 is 0.220 bits per heavy atom. The molecular formula is C78H50N4. The fraction of sp³-hybridized carbons (Fsp3) is 0. The highest BCUT2D eigenvalue weighted by Gasteiger charge is 2.23. The molecule has 14 aromatic carbocycles. The summed E-state index contributed by atoms with van der Waals surface area (Å²) in [4.78, 5) is 10.6. The number of rotatable bonds is 9. The van der Waals surface area contributed by atoms with Crippen LogP contribution in [0.2, 0.25) is 0 Å². The molecule has 0 amide bonds. The summed E-state index contributed by atoms with van der Waals surface area (Å²) in [7, 11) is 0. The quantitative estimate of drug-likeness (QED) is 0.135. The topological polar surface area (TPSA) is 35.6 Å². The molecule has 0 fully saturated rings. The van der Waals surface area contributed by atoms with E-state index in [4.69, 9.17) is 9.97 Å². The molecule has 4 heteroatoms. The van der Waals surface area contributed by atoms with Crippen LogP contribution < -0.4 is 0 Å². The number of nitrogens with zero attached hydrogens (tertiary/aromatic N) is 4. The first-order valence-corrected chi connectivity index (χ1v) is 28.0. The molecule has 0 saturated carbocycles. The van der Waals surface area contributed by atoms with Crippen LogP contribution in [0.15, 0.2) is 303 Å². The third-order valence-corrected chi connectivity index (χ3v) is 16.5. The fourth-order valence-electron chi connectivity index (χ4n) is 12.7. The predicted octanol–water partition coefficient (Wildman–Crippen LogP) is 20.6. The van der Waals surface area contributed by atoms with Crippen LogP contribution in [0, 0.1) is 0 Å². The van der Waals surface area contributed by atoms with Crippen LogP contribution in [-0.2, 0) is 0 Å². The molecule has 0 atom stereocenters. The van der Waals surface area contributed by atoms with E-state index >= 15 is 0 Å². The van der Waals surface area contributed by atoms with E-state index < -0.39 is 0 Å². The molecule has 0 spiro atoms. The molecule has 0 N–H and O–H groups in total. The van der Waals surface area contributed by atoms with Gasteiger partial charge in [-0.25, -0.2) is 9.97 Å². The molecule has 0 unspecified atom stereocenters. The molecule has 0 radical (unpaired) electrons. The lowest BCUT2D eigenvalue weighted by Gasteiger charge is -2.21. The molecule has 382 valence electrons. The largest absolute Gasteiger partial charge is 0.292 e. The second kappa shape index (κ2) is 19.5. The van der Waals surface area contributed by atoms with Gasteiger partial charge in [-0.2, -0.15) is 0 Å². The number of para-hydroxylation sites is 2. The lowest BCUT2D eigenvalue weighted by Crippen LogP contribution is -1.97. The van der Waals surface area contributed by atoms with E-state index in [0.29, 0.717) is 0 Å². The third kappa shape index (κ3) is 7.91. The Kier molecular flexibility index (Phi) is 11.2. The SMILES string of the molecule is c1ccc(-c2nc3cc(-c4ccc(-c5ccc6c(-c7cccc8ccccc78)c7cc(-c8ccc9c(c8)nc(-c8ccccc8)n9-c8ccccc8)ccc7c(-c7cccc8ccccc78)c6c5)cc4)ccc3n2-c2ccccc2)cc1. The van der Waals surface area contributed by atoms with E-state index in [0.717, 1.165) is 89.6 Å². The van der Waals surface area contributed by atoms with Gasteiger partial charge in [-0.05, 0) is 159 Å². The van der Waals surface area contributed by atoms with Crippen molar-refractivity contribution in [3.05, 3.63) is 303 Å². The van der Waals surface area contributed by atoms with Gasteiger partial charge in [0.1, 0.15) is 11.6 Å². The number of benzene rings is 14. The third-order valence-electron chi connectivity index (χ3n) is 16.5. The van der Waals surface area contributed by atoms with Gasteiger partial charge in [0, 0.05) is 22.5 Å². The van der Waals surface area contributed by atoms with Gasteiger partial charge in [-0.1, -0.05) is 243 Å². The van der Waals surface area contributed by atoms with Gasteiger partial charge in [0.05, 0.1) is 22.1 Å². The van der Waals surface area contributed by atoms with Crippen LogP contribution >= 0.6 is 0 Å². The Hall–Kier alpha value is -10.9. The summed E-state index contributed by atoms with van der Waals surface area (Å²) >= 11 is 0. The van der Waals surface area contributed by atoms with Crippen LogP contribution in [0.4, 0.5) is 0 Å². The predicted molar refractivity (Wildman–Crippen MR) is 344 cm³/mol. The Morgan fingerprint density at radius 3 is 1.01 bits per heavy atom. The van der Waals surface area contributed by atoms with E-state index in [9.17, 15) is 0 Å². The summed E-state index contributed by atoms with van der Waals surface area (Å²) in [5.74, 6) is 1.84. The summed E-state index contributed by atoms with van der Waals surface area (Å²) in [6.07, 6.45) is 0. The van der Waals surface area contributed by atoms with E-state index in [-0.39, 0.29) is 0 Å². The molecule has 4 nitrogen and oxygen atoms in total. The van der Waals surface area contributed by atoms with Crippen LogP contribution in [0.25, 0.3) is 155 Å². The standard InChI is InChI=1S/C78H50N4/c1-5-21-55(22-6-1)77-79-71-49-59(41-45-73(71)81(77)61-27-9-3-10-28-61)52-37-35-51(36-38-52)57-39-43-67-69(47-57)75(65-33-17-25-53-19-13-15-31-63(53)65)68-44-40-58(48-70(68)76(67)66-34-18-26-54-20-14-16-32-64(54)66)60-42-46-74-72(50-60)80-78(56-23-7-2-8-24-56)82(74)62-29-11-4-12-30-62/h1-50H. The second-order valence-electron chi connectivity index (χ2n) is 21.3. The van der Waals surface area contributed by atoms with E-state index in [2.05, 4.69) is 312 Å². The van der Waals surface area contributed by atoms with Crippen molar-refractivity contribution in [2.45, 2.75) is 0 Å². The van der Waals surface area contributed by atoms with Gasteiger partial charge in [0.25, 0.3) is 0 Å². The average molecular weight is 1040 g/mol. The molecule has 0 bridgehead atoms. The molecule has 0 aliphatic heterocycles. The summed E-state index contributed by atoms with van der Waals surface area (Å²) in [6, 6.07) is 110. The molecule has 0 aliphatic carbocycles. The van der Waals surface area contributed by atoms with Gasteiger partial charge in [0.2, 0.25) is 0 Å². The zero-order valence-corrected chi connectivity index (χ0v) is 44.7. The number of hydrogen-bond donors (Lipinski definition) is 0. The molecular weight excluding hydrogens is 993 g/mol. The monoisotopic (exact) mass is 1040 g/mol. The number of fused-ring (bicyclic) bond motifs is 6. The lowest BCUT2D eigenvalue weighted by molar-refractivity contribution is 1.10. The second-order valence-corrected chi connectivity index (χ2v) is 21.3. The zero-order valence-electron chi connectivity index (χ0n) is 44.7. The van der Waals surface area contributed by atoms with Crippen LogP contribution in [-0.4, -0.2) is 19.1 Å². The van der Waals surface area contributed by atoms with Crippen molar-refractivity contribution in [3.63, 3.8) is 0 Å². The Balaban J connectivity index is 0.881. The average Bonchev–Trinajstić information content (AvgIpc) is 3.02. The van der Waals surface area contributed by atoms with Crippen molar-refractivity contribution in [3.8, 4) is 89.8 Å². The molecule has 2 aromatic heterocycles. The normalized spacial score (nSPS) is 11.7. The number of aromatic nitrogens is 4. The molecule has 82 heavy (non-hydrogen) atoms. The highest BCUT2D eigenvalue weighted by molar-refractivity contribution is 6.26. The van der Waals surface area contributed by atoms with Crippen LogP contribution in [0.3, 0.4) is 0 Å². The fourth-order valence-corrected chi connectivity index (χ4v) is 12.7. The van der Waals surface area contributed by atoms with Crippen molar-refractivity contribution in [1.82, 2.24) is 19.1 Å². The molecule has 0 saturated heterocycles. The minimum Gasteiger partial charge on any atom is -0.292 e. The van der Waals surface area contributed by atoms with Crippen molar-refractivity contribution < 1.29 is 0 Å². The van der Waals surface area contributed by atoms with Crippen molar-refractivity contribution in [2.24, 2.45) is 0 Å². The smallest absolute Gasteiger partial charge is 0.145 e. The van der Waals surface area contributed by atoms with Crippen molar-refractivity contribution in [2.75, 3.05) is 0 Å².